The minimum atomic E-state index is -0.502. The molecule has 1 amide bonds. The van der Waals surface area contributed by atoms with Gasteiger partial charge in [0.1, 0.15) is 29.0 Å². The Morgan fingerprint density at radius 1 is 1.32 bits per heavy atom. The average Bonchev–Trinajstić information content (AvgIpc) is 3.14. The van der Waals surface area contributed by atoms with E-state index >= 15 is 0 Å². The third-order valence-electron chi connectivity index (χ3n) is 5.24. The van der Waals surface area contributed by atoms with E-state index in [4.69, 9.17) is 4.74 Å². The molecule has 2 aromatic rings. The molecule has 0 saturated heterocycles. The molecule has 31 heavy (non-hydrogen) atoms. The molecule has 166 valence electrons. The molecule has 0 aromatic carbocycles. The molecule has 1 fully saturated rings. The van der Waals surface area contributed by atoms with Crippen LogP contribution in [0.3, 0.4) is 0 Å². The minimum Gasteiger partial charge on any atom is -0.444 e. The van der Waals surface area contributed by atoms with E-state index in [-0.39, 0.29) is 24.2 Å². The second-order valence-corrected chi connectivity index (χ2v) is 9.46. The molecule has 2 N–H and O–H groups in total. The van der Waals surface area contributed by atoms with Crippen molar-refractivity contribution < 1.29 is 9.53 Å². The molecule has 0 bridgehead atoms. The number of carbonyl (C=O) groups excluding carboxylic acids is 1. The molecule has 2 atom stereocenters. The van der Waals surface area contributed by atoms with E-state index in [2.05, 4.69) is 26.7 Å². The Balaban J connectivity index is 1.72. The molecule has 2 aromatic heterocycles. The van der Waals surface area contributed by atoms with Gasteiger partial charge >= 0.3 is 6.09 Å². The number of pyridine rings is 2. The lowest BCUT2D eigenvalue weighted by Gasteiger charge is -2.28. The Kier molecular flexibility index (Phi) is 6.54. The Morgan fingerprint density at radius 2 is 2.06 bits per heavy atom. The summed E-state index contributed by atoms with van der Waals surface area (Å²) in [4.78, 5) is 23.0. The van der Waals surface area contributed by atoms with Crippen molar-refractivity contribution in [2.45, 2.75) is 77.6 Å². The van der Waals surface area contributed by atoms with Crippen LogP contribution >= 0.6 is 0 Å². The standard InChI is InChI=1S/C23H32N6O2/c1-14(2)26-21-19-11-20(25-13-15(19)9-17(12-24)28-21)27-16-7-8-18(10-16)29(6)22(30)31-23(3,4)5/h9,11,13-14,16,18H,7-8,10H2,1-6H3,(H,25,27)(H,26,28)/t16-,18+/m0/s1. The summed E-state index contributed by atoms with van der Waals surface area (Å²) >= 11 is 0. The minimum absolute atomic E-state index is 0.130. The van der Waals surface area contributed by atoms with E-state index in [0.717, 1.165) is 35.9 Å². The summed E-state index contributed by atoms with van der Waals surface area (Å²) in [5.41, 5.74) is -0.139. The third-order valence-corrected chi connectivity index (χ3v) is 5.24. The van der Waals surface area contributed by atoms with Crippen molar-refractivity contribution in [1.82, 2.24) is 14.9 Å². The zero-order valence-corrected chi connectivity index (χ0v) is 19.2. The molecule has 1 aliphatic carbocycles. The van der Waals surface area contributed by atoms with Crippen LogP contribution in [0.15, 0.2) is 18.3 Å². The highest BCUT2D eigenvalue weighted by molar-refractivity contribution is 5.93. The summed E-state index contributed by atoms with van der Waals surface area (Å²) in [7, 11) is 1.80. The van der Waals surface area contributed by atoms with Crippen LogP contribution in [-0.2, 0) is 4.74 Å². The van der Waals surface area contributed by atoms with Gasteiger partial charge in [-0.05, 0) is 66.0 Å². The van der Waals surface area contributed by atoms with E-state index in [9.17, 15) is 10.1 Å². The van der Waals surface area contributed by atoms with Crippen LogP contribution in [0.1, 0.15) is 59.6 Å². The van der Waals surface area contributed by atoms with Gasteiger partial charge in [-0.1, -0.05) is 0 Å². The molecule has 8 nitrogen and oxygen atoms in total. The molecule has 0 unspecified atom stereocenters. The SMILES string of the molecule is CC(C)Nc1nc(C#N)cc2cnc(N[C@H]3CC[C@@H](N(C)C(=O)OC(C)(C)C)C3)cc12. The number of hydrogen-bond acceptors (Lipinski definition) is 7. The van der Waals surface area contributed by atoms with Crippen LogP contribution in [0.25, 0.3) is 10.8 Å². The number of nitrogens with one attached hydrogen (secondary N) is 2. The van der Waals surface area contributed by atoms with Crippen LogP contribution in [0.2, 0.25) is 0 Å². The van der Waals surface area contributed by atoms with Crippen molar-refractivity contribution in [3.63, 3.8) is 0 Å². The first-order valence-corrected chi connectivity index (χ1v) is 10.8. The maximum atomic E-state index is 12.4. The van der Waals surface area contributed by atoms with Gasteiger partial charge in [0.2, 0.25) is 0 Å². The number of nitrogens with zero attached hydrogens (tertiary/aromatic N) is 4. The molecule has 2 heterocycles. The molecular weight excluding hydrogens is 392 g/mol. The number of carbonyl (C=O) groups is 1. The van der Waals surface area contributed by atoms with Gasteiger partial charge < -0.3 is 20.3 Å². The number of ether oxygens (including phenoxy) is 1. The summed E-state index contributed by atoms with van der Waals surface area (Å²) in [5.74, 6) is 1.44. The number of aromatic nitrogens is 2. The molecule has 1 aliphatic rings. The monoisotopic (exact) mass is 424 g/mol. The summed E-state index contributed by atoms with van der Waals surface area (Å²) in [6.07, 6.45) is 4.17. The van der Waals surface area contributed by atoms with Crippen molar-refractivity contribution in [3.8, 4) is 6.07 Å². The first-order chi connectivity index (χ1) is 14.6. The molecular formula is C23H32N6O2. The van der Waals surface area contributed by atoms with E-state index in [1.54, 1.807) is 24.2 Å². The lowest BCUT2D eigenvalue weighted by molar-refractivity contribution is 0.0226. The Hall–Kier alpha value is -3.08. The number of anilines is 2. The van der Waals surface area contributed by atoms with Crippen LogP contribution in [0, 0.1) is 11.3 Å². The quantitative estimate of drug-likeness (QED) is 0.727. The normalized spacial score (nSPS) is 18.6. The van der Waals surface area contributed by atoms with Crippen molar-refractivity contribution in [2.75, 3.05) is 17.7 Å². The summed E-state index contributed by atoms with van der Waals surface area (Å²) in [5, 5.41) is 17.9. The van der Waals surface area contributed by atoms with Gasteiger partial charge in [0.05, 0.1) is 0 Å². The summed E-state index contributed by atoms with van der Waals surface area (Å²) in [6, 6.07) is 6.36. The summed E-state index contributed by atoms with van der Waals surface area (Å²) < 4.78 is 5.49. The van der Waals surface area contributed by atoms with E-state index in [0.29, 0.717) is 11.5 Å². The van der Waals surface area contributed by atoms with Crippen LogP contribution in [0.4, 0.5) is 16.4 Å². The number of hydrogen-bond donors (Lipinski definition) is 2. The Labute approximate surface area is 184 Å². The van der Waals surface area contributed by atoms with Gasteiger partial charge in [0.25, 0.3) is 0 Å². The van der Waals surface area contributed by atoms with Gasteiger partial charge in [-0.25, -0.2) is 14.8 Å². The van der Waals surface area contributed by atoms with E-state index in [1.807, 2.05) is 40.7 Å². The second kappa shape index (κ2) is 8.96. The lowest BCUT2D eigenvalue weighted by Crippen LogP contribution is -2.40. The smallest absolute Gasteiger partial charge is 0.410 e. The van der Waals surface area contributed by atoms with Gasteiger partial charge in [-0.2, -0.15) is 5.26 Å². The number of rotatable bonds is 5. The fourth-order valence-corrected chi connectivity index (χ4v) is 3.80. The predicted molar refractivity (Wildman–Crippen MR) is 122 cm³/mol. The predicted octanol–water partition coefficient (Wildman–Crippen LogP) is 4.52. The lowest BCUT2D eigenvalue weighted by atomic mass is 10.1. The maximum Gasteiger partial charge on any atom is 0.410 e. The van der Waals surface area contributed by atoms with E-state index < -0.39 is 5.60 Å². The topological polar surface area (TPSA) is 103 Å². The number of nitriles is 1. The van der Waals surface area contributed by atoms with Crippen LogP contribution in [-0.4, -0.2) is 51.7 Å². The number of fused-ring (bicyclic) bond motifs is 1. The number of amides is 1. The van der Waals surface area contributed by atoms with Crippen molar-refractivity contribution in [1.29, 1.82) is 5.26 Å². The molecule has 3 rings (SSSR count). The van der Waals surface area contributed by atoms with Gasteiger partial charge in [-0.3, -0.25) is 0 Å². The van der Waals surface area contributed by atoms with Crippen LogP contribution in [0.5, 0.6) is 0 Å². The fraction of sp³-hybridized carbons (Fsp3) is 0.565. The first-order valence-electron chi connectivity index (χ1n) is 10.8. The van der Waals surface area contributed by atoms with Gasteiger partial charge in [0, 0.05) is 42.1 Å². The highest BCUT2D eigenvalue weighted by Crippen LogP contribution is 2.29. The highest BCUT2D eigenvalue weighted by atomic mass is 16.6. The van der Waals surface area contributed by atoms with Crippen molar-refractivity contribution >= 4 is 28.5 Å². The molecule has 0 radical (unpaired) electrons. The summed E-state index contributed by atoms with van der Waals surface area (Å²) in [6.45, 7) is 9.69. The van der Waals surface area contributed by atoms with Crippen LogP contribution < -0.4 is 10.6 Å². The molecule has 0 aliphatic heterocycles. The Bertz CT molecular complexity index is 992. The molecule has 8 heteroatoms. The maximum absolute atomic E-state index is 12.4. The Morgan fingerprint density at radius 3 is 2.71 bits per heavy atom. The van der Waals surface area contributed by atoms with Crippen molar-refractivity contribution in [3.05, 3.63) is 24.0 Å². The molecule has 0 spiro atoms. The van der Waals surface area contributed by atoms with Crippen molar-refractivity contribution in [2.24, 2.45) is 0 Å². The second-order valence-electron chi connectivity index (χ2n) is 9.46. The van der Waals surface area contributed by atoms with E-state index in [1.165, 1.54) is 0 Å². The first kappa shape index (κ1) is 22.6. The van der Waals surface area contributed by atoms with Gasteiger partial charge in [0.15, 0.2) is 0 Å². The van der Waals surface area contributed by atoms with Gasteiger partial charge in [-0.15, -0.1) is 0 Å². The third kappa shape index (κ3) is 5.75. The highest BCUT2D eigenvalue weighted by Gasteiger charge is 2.32. The molecule has 1 saturated carbocycles. The largest absolute Gasteiger partial charge is 0.444 e. The zero-order chi connectivity index (χ0) is 22.8. The zero-order valence-electron chi connectivity index (χ0n) is 19.2. The average molecular weight is 425 g/mol. The fourth-order valence-electron chi connectivity index (χ4n) is 3.80.